The van der Waals surface area contributed by atoms with Crippen LogP contribution in [0.4, 0.5) is 0 Å². The number of hydrogen-bond acceptors (Lipinski definition) is 3. The lowest BCUT2D eigenvalue weighted by Gasteiger charge is -1.99. The third-order valence-corrected chi connectivity index (χ3v) is 2.98. The van der Waals surface area contributed by atoms with Gasteiger partial charge in [0.1, 0.15) is 12.4 Å². The number of benzene rings is 1. The van der Waals surface area contributed by atoms with Crippen molar-refractivity contribution < 1.29 is 0 Å². The highest BCUT2D eigenvalue weighted by molar-refractivity contribution is 5.96. The van der Waals surface area contributed by atoms with Crippen LogP contribution in [0.25, 0.3) is 22.2 Å². The van der Waals surface area contributed by atoms with E-state index in [1.807, 2.05) is 42.1 Å². The van der Waals surface area contributed by atoms with Gasteiger partial charge < -0.3 is 4.57 Å². The smallest absolute Gasteiger partial charge is 0.116 e. The molecule has 0 aliphatic heterocycles. The van der Waals surface area contributed by atoms with Gasteiger partial charge in [-0.15, -0.1) is 0 Å². The van der Waals surface area contributed by atoms with E-state index < -0.39 is 0 Å². The van der Waals surface area contributed by atoms with Gasteiger partial charge in [-0.3, -0.25) is 0 Å². The molecule has 0 aliphatic rings. The average molecular weight is 234 g/mol. The fraction of sp³-hybridized carbons (Fsp3) is 0.0714. The molecular weight excluding hydrogens is 224 g/mol. The Balaban J connectivity index is 2.36. The molecule has 0 saturated carbocycles. The van der Waals surface area contributed by atoms with Crippen LogP contribution in [0.3, 0.4) is 0 Å². The van der Waals surface area contributed by atoms with Gasteiger partial charge in [-0.25, -0.2) is 9.97 Å². The molecular formula is C14H10N4. The van der Waals surface area contributed by atoms with Crippen LogP contribution in [0.2, 0.25) is 0 Å². The van der Waals surface area contributed by atoms with Crippen molar-refractivity contribution in [3.63, 3.8) is 0 Å². The first-order chi connectivity index (χ1) is 8.81. The van der Waals surface area contributed by atoms with Crippen LogP contribution in [0, 0.1) is 11.3 Å². The predicted octanol–water partition coefficient (Wildman–Crippen LogP) is 2.51. The molecule has 0 spiro atoms. The summed E-state index contributed by atoms with van der Waals surface area (Å²) in [5, 5.41) is 10.2. The summed E-state index contributed by atoms with van der Waals surface area (Å²) >= 11 is 0. The fourth-order valence-corrected chi connectivity index (χ4v) is 2.16. The highest BCUT2D eigenvalue weighted by Gasteiger charge is 2.12. The van der Waals surface area contributed by atoms with Crippen molar-refractivity contribution in [2.45, 2.75) is 0 Å². The van der Waals surface area contributed by atoms with E-state index in [1.54, 1.807) is 6.20 Å². The van der Waals surface area contributed by atoms with Crippen LogP contribution < -0.4 is 0 Å². The van der Waals surface area contributed by atoms with Gasteiger partial charge >= 0.3 is 0 Å². The van der Waals surface area contributed by atoms with Crippen LogP contribution in [0.15, 0.2) is 43.0 Å². The van der Waals surface area contributed by atoms with Crippen molar-refractivity contribution in [2.75, 3.05) is 0 Å². The highest BCUT2D eigenvalue weighted by atomic mass is 14.9. The first-order valence-electron chi connectivity index (χ1n) is 5.56. The molecule has 0 radical (unpaired) electrons. The molecule has 0 saturated heterocycles. The Morgan fingerprint density at radius 1 is 1.28 bits per heavy atom. The van der Waals surface area contributed by atoms with Gasteiger partial charge in [0, 0.05) is 35.9 Å². The third kappa shape index (κ3) is 1.45. The van der Waals surface area contributed by atoms with Crippen molar-refractivity contribution in [3.05, 3.63) is 48.5 Å². The van der Waals surface area contributed by atoms with Crippen LogP contribution in [-0.2, 0) is 7.05 Å². The zero-order valence-corrected chi connectivity index (χ0v) is 9.83. The summed E-state index contributed by atoms with van der Waals surface area (Å²) in [4.78, 5) is 8.12. The molecule has 4 heteroatoms. The summed E-state index contributed by atoms with van der Waals surface area (Å²) in [6.07, 6.45) is 5.01. The molecule has 0 bridgehead atoms. The van der Waals surface area contributed by atoms with E-state index in [1.165, 1.54) is 6.33 Å². The average Bonchev–Trinajstić information content (AvgIpc) is 2.77. The summed E-state index contributed by atoms with van der Waals surface area (Å²) in [6, 6.07) is 10.2. The summed E-state index contributed by atoms with van der Waals surface area (Å²) in [7, 11) is 1.99. The van der Waals surface area contributed by atoms with Crippen molar-refractivity contribution in [3.8, 4) is 17.3 Å². The highest BCUT2D eigenvalue weighted by Crippen LogP contribution is 2.30. The predicted molar refractivity (Wildman–Crippen MR) is 68.7 cm³/mol. The monoisotopic (exact) mass is 234 g/mol. The van der Waals surface area contributed by atoms with Gasteiger partial charge in [0.05, 0.1) is 11.3 Å². The minimum Gasteiger partial charge on any atom is -0.350 e. The van der Waals surface area contributed by atoms with E-state index in [2.05, 4.69) is 16.0 Å². The number of nitrogens with zero attached hydrogens (tertiary/aromatic N) is 4. The Bertz CT molecular complexity index is 765. The molecule has 86 valence electrons. The molecule has 4 nitrogen and oxygen atoms in total. The van der Waals surface area contributed by atoms with E-state index >= 15 is 0 Å². The Kier molecular flexibility index (Phi) is 2.31. The number of hydrogen-bond donors (Lipinski definition) is 0. The quantitative estimate of drug-likeness (QED) is 0.650. The topological polar surface area (TPSA) is 54.5 Å². The minimum atomic E-state index is 0.494. The largest absolute Gasteiger partial charge is 0.350 e. The molecule has 0 atom stereocenters. The molecule has 0 aliphatic carbocycles. The van der Waals surface area contributed by atoms with E-state index in [-0.39, 0.29) is 0 Å². The number of nitriles is 1. The van der Waals surface area contributed by atoms with Gasteiger partial charge in [0.15, 0.2) is 0 Å². The van der Waals surface area contributed by atoms with Crippen LogP contribution in [0.5, 0.6) is 0 Å². The van der Waals surface area contributed by atoms with Gasteiger partial charge in [0.25, 0.3) is 0 Å². The Morgan fingerprint density at radius 3 is 2.94 bits per heavy atom. The van der Waals surface area contributed by atoms with Gasteiger partial charge in [-0.1, -0.05) is 18.2 Å². The lowest BCUT2D eigenvalue weighted by Crippen LogP contribution is -1.89. The normalized spacial score (nSPS) is 10.4. The SMILES string of the molecule is Cn1cc(-c2ncncc2C#N)c2ccccc21. The summed E-state index contributed by atoms with van der Waals surface area (Å²) < 4.78 is 2.04. The second-order valence-electron chi connectivity index (χ2n) is 4.07. The molecule has 3 aromatic rings. The molecule has 18 heavy (non-hydrogen) atoms. The summed E-state index contributed by atoms with van der Waals surface area (Å²) in [6.45, 7) is 0. The Hall–Kier alpha value is -2.67. The number of rotatable bonds is 1. The number of para-hydroxylation sites is 1. The van der Waals surface area contributed by atoms with E-state index in [9.17, 15) is 0 Å². The van der Waals surface area contributed by atoms with Crippen LogP contribution in [0.1, 0.15) is 5.56 Å². The standard InChI is InChI=1S/C14H10N4/c1-18-8-12(11-4-2-3-5-13(11)18)14-10(6-15)7-16-9-17-14/h2-5,7-9H,1H3. The number of aromatic nitrogens is 3. The maximum absolute atomic E-state index is 9.12. The van der Waals surface area contributed by atoms with Crippen molar-refractivity contribution in [1.29, 1.82) is 5.26 Å². The molecule has 0 N–H and O–H groups in total. The summed E-state index contributed by atoms with van der Waals surface area (Å²) in [5.74, 6) is 0. The molecule has 0 fully saturated rings. The Morgan fingerprint density at radius 2 is 2.11 bits per heavy atom. The van der Waals surface area contributed by atoms with E-state index in [0.717, 1.165) is 16.5 Å². The lowest BCUT2D eigenvalue weighted by atomic mass is 10.1. The molecule has 3 rings (SSSR count). The molecule has 2 heterocycles. The molecule has 1 aromatic carbocycles. The summed E-state index contributed by atoms with van der Waals surface area (Å²) in [5.41, 5.74) is 3.26. The van der Waals surface area contributed by atoms with Crippen LogP contribution in [-0.4, -0.2) is 14.5 Å². The van der Waals surface area contributed by atoms with Crippen LogP contribution >= 0.6 is 0 Å². The zero-order valence-electron chi connectivity index (χ0n) is 9.83. The van der Waals surface area contributed by atoms with Gasteiger partial charge in [-0.2, -0.15) is 5.26 Å². The van der Waals surface area contributed by atoms with Crippen molar-refractivity contribution in [1.82, 2.24) is 14.5 Å². The number of aryl methyl sites for hydroxylation is 1. The third-order valence-electron chi connectivity index (χ3n) is 2.98. The first-order valence-corrected chi connectivity index (χ1v) is 5.56. The molecule has 0 unspecified atom stereocenters. The van der Waals surface area contributed by atoms with Crippen molar-refractivity contribution in [2.24, 2.45) is 7.05 Å². The van der Waals surface area contributed by atoms with E-state index in [4.69, 9.17) is 5.26 Å². The zero-order chi connectivity index (χ0) is 12.5. The fourth-order valence-electron chi connectivity index (χ4n) is 2.16. The van der Waals surface area contributed by atoms with E-state index in [0.29, 0.717) is 11.3 Å². The van der Waals surface area contributed by atoms with Gasteiger partial charge in [0.2, 0.25) is 0 Å². The minimum absolute atomic E-state index is 0.494. The Labute approximate surface area is 104 Å². The first kappa shape index (κ1) is 10.5. The molecule has 2 aromatic heterocycles. The molecule has 0 amide bonds. The number of fused-ring (bicyclic) bond motifs is 1. The maximum atomic E-state index is 9.12. The second kappa shape index (κ2) is 3.97. The van der Waals surface area contributed by atoms with Gasteiger partial charge in [-0.05, 0) is 6.07 Å². The lowest BCUT2D eigenvalue weighted by molar-refractivity contribution is 0.969. The maximum Gasteiger partial charge on any atom is 0.116 e. The second-order valence-corrected chi connectivity index (χ2v) is 4.07. The van der Waals surface area contributed by atoms with Crippen molar-refractivity contribution >= 4 is 10.9 Å².